The molecule has 0 aliphatic carbocycles. The maximum absolute atomic E-state index is 12.2. The van der Waals surface area contributed by atoms with Gasteiger partial charge >= 0.3 is 0 Å². The van der Waals surface area contributed by atoms with Crippen molar-refractivity contribution in [1.29, 1.82) is 0 Å². The maximum atomic E-state index is 12.2. The number of fused-ring (bicyclic) bond motifs is 1. The van der Waals surface area contributed by atoms with E-state index in [1.54, 1.807) is 36.4 Å². The molecule has 0 unspecified atom stereocenters. The Hall–Kier alpha value is -1.84. The number of hydrogen-bond acceptors (Lipinski definition) is 2. The van der Waals surface area contributed by atoms with Gasteiger partial charge in [-0.15, -0.1) is 0 Å². The van der Waals surface area contributed by atoms with E-state index >= 15 is 0 Å². The lowest BCUT2D eigenvalue weighted by Crippen LogP contribution is -2.16. The molecule has 1 aliphatic rings. The smallest absolute Gasteiger partial charge is 0.272 e. The Morgan fingerprint density at radius 2 is 1.58 bits per heavy atom. The molecule has 3 rings (SSSR count). The molecule has 0 fully saturated rings. The van der Waals surface area contributed by atoms with Crippen molar-refractivity contribution in [3.63, 3.8) is 0 Å². The van der Waals surface area contributed by atoms with Gasteiger partial charge in [0.15, 0.2) is 0 Å². The van der Waals surface area contributed by atoms with E-state index in [0.29, 0.717) is 25.9 Å². The van der Waals surface area contributed by atoms with Crippen LogP contribution in [0.1, 0.15) is 15.9 Å². The van der Waals surface area contributed by atoms with Gasteiger partial charge < -0.3 is 5.21 Å². The maximum Gasteiger partial charge on any atom is 0.272 e. The average molecular weight is 292 g/mol. The molecule has 0 aromatic heterocycles. The zero-order chi connectivity index (χ0) is 13.6. The number of halogens is 2. The van der Waals surface area contributed by atoms with Crippen molar-refractivity contribution in [2.45, 2.75) is 0 Å². The molecule has 3 nitrogen and oxygen atoms in total. The molecule has 0 saturated heterocycles. The second-order valence-electron chi connectivity index (χ2n) is 4.14. The van der Waals surface area contributed by atoms with E-state index in [-0.39, 0.29) is 17.2 Å². The minimum Gasteiger partial charge on any atom is -0.618 e. The third kappa shape index (κ3) is 1.91. The summed E-state index contributed by atoms with van der Waals surface area (Å²) in [4.78, 5) is 12.2. The molecule has 5 heteroatoms. The Balaban J connectivity index is 2.18. The highest BCUT2D eigenvalue weighted by molar-refractivity contribution is 6.52. The molecule has 94 valence electrons. The Kier molecular flexibility index (Phi) is 2.81. The van der Waals surface area contributed by atoms with E-state index in [9.17, 15) is 10.0 Å². The van der Waals surface area contributed by atoms with Crippen LogP contribution in [0, 0.1) is 5.21 Å². The molecule has 0 bridgehead atoms. The Bertz CT molecular complexity index is 721. The second kappa shape index (κ2) is 4.37. The highest BCUT2D eigenvalue weighted by Gasteiger charge is 2.36. The summed E-state index contributed by atoms with van der Waals surface area (Å²) in [5, 5.41) is 13.2. The van der Waals surface area contributed by atoms with Crippen LogP contribution in [-0.2, 0) is 0 Å². The summed E-state index contributed by atoms with van der Waals surface area (Å²) in [5.41, 5.74) is 1.28. The van der Waals surface area contributed by atoms with E-state index in [2.05, 4.69) is 0 Å². The SMILES string of the molecule is O=C1C(c2ccc(Cl)cc2)=[N+]([O-])c2cc(Cl)ccc21. The van der Waals surface area contributed by atoms with Crippen LogP contribution in [0.4, 0.5) is 5.69 Å². The van der Waals surface area contributed by atoms with Crippen LogP contribution in [0.15, 0.2) is 42.5 Å². The normalized spacial score (nSPS) is 13.9. The average Bonchev–Trinajstić information content (AvgIpc) is 2.63. The standard InChI is InChI=1S/C14H7Cl2NO2/c15-9-3-1-8(2-4-9)13-14(18)11-6-5-10(16)7-12(11)17(13)19/h1-7H. The van der Waals surface area contributed by atoms with E-state index in [1.165, 1.54) is 6.07 Å². The van der Waals surface area contributed by atoms with Crippen LogP contribution in [0.25, 0.3) is 0 Å². The van der Waals surface area contributed by atoms with E-state index in [4.69, 9.17) is 23.2 Å². The third-order valence-electron chi connectivity index (χ3n) is 2.96. The molecule has 0 spiro atoms. The van der Waals surface area contributed by atoms with Crippen molar-refractivity contribution in [2.75, 3.05) is 0 Å². The van der Waals surface area contributed by atoms with Gasteiger partial charge in [0.1, 0.15) is 5.56 Å². The number of nitrogens with zero attached hydrogens (tertiary/aromatic N) is 1. The lowest BCUT2D eigenvalue weighted by molar-refractivity contribution is -0.355. The lowest BCUT2D eigenvalue weighted by Gasteiger charge is -2.02. The van der Waals surface area contributed by atoms with Crippen LogP contribution in [-0.4, -0.2) is 16.2 Å². The molecular formula is C14H7Cl2NO2. The fourth-order valence-corrected chi connectivity index (χ4v) is 2.35. The molecule has 0 N–H and O–H groups in total. The van der Waals surface area contributed by atoms with Gasteiger partial charge in [-0.05, 0) is 36.4 Å². The summed E-state index contributed by atoms with van der Waals surface area (Å²) in [7, 11) is 0. The van der Waals surface area contributed by atoms with Crippen molar-refractivity contribution < 1.29 is 9.53 Å². The van der Waals surface area contributed by atoms with Gasteiger partial charge in [0.05, 0.1) is 5.56 Å². The molecule has 0 amide bonds. The molecule has 1 heterocycles. The van der Waals surface area contributed by atoms with Crippen molar-refractivity contribution >= 4 is 40.4 Å². The minimum absolute atomic E-state index is 0.0916. The monoisotopic (exact) mass is 291 g/mol. The van der Waals surface area contributed by atoms with Crippen LogP contribution in [0.2, 0.25) is 10.0 Å². The number of benzene rings is 2. The number of rotatable bonds is 1. The van der Waals surface area contributed by atoms with Gasteiger partial charge in [-0.25, -0.2) is 0 Å². The molecule has 0 saturated carbocycles. The first-order valence-electron chi connectivity index (χ1n) is 5.52. The van der Waals surface area contributed by atoms with E-state index < -0.39 is 0 Å². The molecule has 2 aromatic rings. The van der Waals surface area contributed by atoms with E-state index in [0.717, 1.165) is 0 Å². The zero-order valence-electron chi connectivity index (χ0n) is 9.56. The van der Waals surface area contributed by atoms with Crippen molar-refractivity contribution in [3.8, 4) is 0 Å². The predicted molar refractivity (Wildman–Crippen MR) is 74.6 cm³/mol. The van der Waals surface area contributed by atoms with Gasteiger partial charge in [0.25, 0.3) is 11.5 Å². The highest BCUT2D eigenvalue weighted by atomic mass is 35.5. The summed E-state index contributed by atoms with van der Waals surface area (Å²) < 4.78 is 0.618. The Morgan fingerprint density at radius 1 is 0.947 bits per heavy atom. The number of carbonyl (C=O) groups is 1. The predicted octanol–water partition coefficient (Wildman–Crippen LogP) is 3.82. The molecular weight excluding hydrogens is 285 g/mol. The summed E-state index contributed by atoms with van der Waals surface area (Å²) in [6.45, 7) is 0. The summed E-state index contributed by atoms with van der Waals surface area (Å²) in [5.74, 6) is -0.302. The van der Waals surface area contributed by atoms with E-state index in [1.807, 2.05) is 0 Å². The number of ketones is 1. The first kappa shape index (κ1) is 12.2. The zero-order valence-corrected chi connectivity index (χ0v) is 11.1. The molecule has 0 radical (unpaired) electrons. The van der Waals surface area contributed by atoms with Gasteiger partial charge in [-0.1, -0.05) is 23.2 Å². The highest BCUT2D eigenvalue weighted by Crippen LogP contribution is 2.30. The quantitative estimate of drug-likeness (QED) is 0.592. The van der Waals surface area contributed by atoms with Crippen LogP contribution in [0.3, 0.4) is 0 Å². The molecule has 2 aromatic carbocycles. The first-order chi connectivity index (χ1) is 9.08. The van der Waals surface area contributed by atoms with Crippen molar-refractivity contribution in [2.24, 2.45) is 0 Å². The fraction of sp³-hybridized carbons (Fsp3) is 0. The van der Waals surface area contributed by atoms with Crippen LogP contribution < -0.4 is 0 Å². The first-order valence-corrected chi connectivity index (χ1v) is 6.28. The van der Waals surface area contributed by atoms with Gasteiger partial charge in [-0.2, -0.15) is 4.74 Å². The fourth-order valence-electron chi connectivity index (χ4n) is 2.06. The number of hydrogen-bond donors (Lipinski definition) is 0. The summed E-state index contributed by atoms with van der Waals surface area (Å²) in [6, 6.07) is 11.2. The van der Waals surface area contributed by atoms with Crippen molar-refractivity contribution in [3.05, 3.63) is 68.8 Å². The number of Topliss-reactive ketones (excluding diaryl/α,β-unsaturated/α-hetero) is 1. The largest absolute Gasteiger partial charge is 0.618 e. The Labute approximate surface area is 119 Å². The topological polar surface area (TPSA) is 43.1 Å². The summed E-state index contributed by atoms with van der Waals surface area (Å²) in [6.07, 6.45) is 0. The molecule has 0 atom stereocenters. The van der Waals surface area contributed by atoms with Crippen LogP contribution in [0.5, 0.6) is 0 Å². The molecule has 19 heavy (non-hydrogen) atoms. The second-order valence-corrected chi connectivity index (χ2v) is 5.01. The van der Waals surface area contributed by atoms with Gasteiger partial charge in [-0.3, -0.25) is 4.79 Å². The summed E-state index contributed by atoms with van der Waals surface area (Å²) >= 11 is 11.6. The number of carbonyl (C=O) groups excluding carboxylic acids is 1. The van der Waals surface area contributed by atoms with Crippen LogP contribution >= 0.6 is 23.2 Å². The molecule has 1 aliphatic heterocycles. The van der Waals surface area contributed by atoms with Gasteiger partial charge in [0, 0.05) is 16.1 Å². The minimum atomic E-state index is -0.302. The van der Waals surface area contributed by atoms with Gasteiger partial charge in [0.2, 0.25) is 5.69 Å². The lowest BCUT2D eigenvalue weighted by atomic mass is 10.0. The van der Waals surface area contributed by atoms with Crippen molar-refractivity contribution in [1.82, 2.24) is 0 Å². The Morgan fingerprint density at radius 3 is 2.26 bits per heavy atom. The third-order valence-corrected chi connectivity index (χ3v) is 3.45.